The third-order valence-corrected chi connectivity index (χ3v) is 4.84. The predicted molar refractivity (Wildman–Crippen MR) is 62.4 cm³/mol. The maximum absolute atomic E-state index is 12.7. The van der Waals surface area contributed by atoms with Crippen LogP contribution in [-0.4, -0.2) is 67.4 Å². The Morgan fingerprint density at radius 3 is 2.19 bits per heavy atom. The maximum Gasteiger partial charge on any atom is 0.164 e. The first-order chi connectivity index (χ1) is 7.64. The lowest BCUT2D eigenvalue weighted by atomic mass is 9.66. The Hall–Kier alpha value is -0.450. The van der Waals surface area contributed by atoms with E-state index in [0.717, 1.165) is 45.7 Å². The molecule has 90 valence electrons. The van der Waals surface area contributed by atoms with E-state index in [9.17, 15) is 4.79 Å². The lowest BCUT2D eigenvalue weighted by molar-refractivity contribution is -0.149. The SMILES string of the molecule is CCC12CN3CCN(C1)CC(NC)(C3)C2=O. The average molecular weight is 223 g/mol. The fourth-order valence-electron chi connectivity index (χ4n) is 3.88. The second kappa shape index (κ2) is 3.28. The fourth-order valence-corrected chi connectivity index (χ4v) is 3.88. The number of Topliss-reactive ketones (excluding diaryl/α,β-unsaturated/α-hetero) is 1. The van der Waals surface area contributed by atoms with Crippen molar-refractivity contribution in [3.05, 3.63) is 0 Å². The summed E-state index contributed by atoms with van der Waals surface area (Å²) in [5.74, 6) is 0.472. The Labute approximate surface area is 97.0 Å². The number of likely N-dealkylation sites (N-methyl/N-ethyl adjacent to an activating group) is 1. The van der Waals surface area contributed by atoms with Gasteiger partial charge in [0.05, 0.1) is 5.41 Å². The number of hydrogen-bond donors (Lipinski definition) is 1. The Morgan fingerprint density at radius 2 is 1.75 bits per heavy atom. The molecule has 4 aliphatic heterocycles. The number of piperidine rings is 2. The van der Waals surface area contributed by atoms with Gasteiger partial charge in [-0.2, -0.15) is 0 Å². The number of nitrogens with one attached hydrogen (secondary N) is 1. The summed E-state index contributed by atoms with van der Waals surface area (Å²) in [7, 11) is 1.94. The molecule has 0 aromatic heterocycles. The molecule has 0 aromatic carbocycles. The van der Waals surface area contributed by atoms with Crippen LogP contribution in [0, 0.1) is 5.41 Å². The number of carbonyl (C=O) groups is 1. The molecule has 2 unspecified atom stereocenters. The Morgan fingerprint density at radius 1 is 1.19 bits per heavy atom. The summed E-state index contributed by atoms with van der Waals surface area (Å²) in [6.45, 7) is 8.17. The van der Waals surface area contributed by atoms with Gasteiger partial charge < -0.3 is 5.32 Å². The first-order valence-corrected chi connectivity index (χ1v) is 6.33. The second-order valence-corrected chi connectivity index (χ2v) is 5.72. The number of carbonyl (C=O) groups excluding carboxylic acids is 1. The third kappa shape index (κ3) is 1.18. The van der Waals surface area contributed by atoms with Crippen molar-refractivity contribution in [1.29, 1.82) is 0 Å². The van der Waals surface area contributed by atoms with Gasteiger partial charge in [-0.05, 0) is 13.5 Å². The number of hydrogen-bond acceptors (Lipinski definition) is 4. The molecule has 0 aromatic rings. The number of nitrogens with zero attached hydrogens (tertiary/aromatic N) is 2. The average Bonchev–Trinajstić information content (AvgIpc) is 2.52. The molecule has 4 bridgehead atoms. The van der Waals surface area contributed by atoms with Crippen LogP contribution in [0.1, 0.15) is 13.3 Å². The highest BCUT2D eigenvalue weighted by Crippen LogP contribution is 2.41. The molecule has 0 spiro atoms. The summed E-state index contributed by atoms with van der Waals surface area (Å²) < 4.78 is 0. The highest BCUT2D eigenvalue weighted by atomic mass is 16.1. The van der Waals surface area contributed by atoms with Crippen LogP contribution in [0.4, 0.5) is 0 Å². The first kappa shape index (κ1) is 10.7. The predicted octanol–water partition coefficient (Wildman–Crippen LogP) is -0.445. The summed E-state index contributed by atoms with van der Waals surface area (Å²) in [6.07, 6.45) is 0.974. The second-order valence-electron chi connectivity index (χ2n) is 5.72. The van der Waals surface area contributed by atoms with Crippen LogP contribution in [0.15, 0.2) is 0 Å². The summed E-state index contributed by atoms with van der Waals surface area (Å²) in [5.41, 5.74) is -0.390. The van der Waals surface area contributed by atoms with Crippen molar-refractivity contribution in [2.45, 2.75) is 18.9 Å². The van der Waals surface area contributed by atoms with Gasteiger partial charge in [0.15, 0.2) is 5.78 Å². The molecular weight excluding hydrogens is 202 g/mol. The van der Waals surface area contributed by atoms with Crippen molar-refractivity contribution in [2.24, 2.45) is 5.41 Å². The minimum Gasteiger partial charge on any atom is -0.306 e. The Bertz CT molecular complexity index is 286. The van der Waals surface area contributed by atoms with Gasteiger partial charge in [-0.3, -0.25) is 14.6 Å². The number of rotatable bonds is 2. The molecule has 4 fully saturated rings. The molecule has 4 aliphatic rings. The molecule has 4 heterocycles. The monoisotopic (exact) mass is 223 g/mol. The lowest BCUT2D eigenvalue weighted by Gasteiger charge is -2.54. The van der Waals surface area contributed by atoms with Crippen LogP contribution in [0.2, 0.25) is 0 Å². The van der Waals surface area contributed by atoms with E-state index >= 15 is 0 Å². The molecule has 0 aliphatic carbocycles. The van der Waals surface area contributed by atoms with E-state index in [-0.39, 0.29) is 11.0 Å². The van der Waals surface area contributed by atoms with E-state index in [1.54, 1.807) is 0 Å². The van der Waals surface area contributed by atoms with Crippen molar-refractivity contribution in [3.8, 4) is 0 Å². The van der Waals surface area contributed by atoms with Gasteiger partial charge in [0.1, 0.15) is 5.54 Å². The molecular formula is C12H21N3O. The zero-order valence-corrected chi connectivity index (χ0v) is 10.3. The van der Waals surface area contributed by atoms with Gasteiger partial charge in [0.25, 0.3) is 0 Å². The van der Waals surface area contributed by atoms with Gasteiger partial charge in [-0.15, -0.1) is 0 Å². The van der Waals surface area contributed by atoms with Crippen molar-refractivity contribution in [3.63, 3.8) is 0 Å². The lowest BCUT2D eigenvalue weighted by Crippen LogP contribution is -2.75. The standard InChI is InChI=1S/C12H21N3O/c1-3-11-6-14-4-5-15(7-11)9-12(8-14,13-2)10(11)16/h13H,3-9H2,1-2H3. The molecule has 4 rings (SSSR count). The molecule has 2 atom stereocenters. The zero-order valence-electron chi connectivity index (χ0n) is 10.3. The van der Waals surface area contributed by atoms with Crippen LogP contribution >= 0.6 is 0 Å². The van der Waals surface area contributed by atoms with Crippen LogP contribution < -0.4 is 5.32 Å². The van der Waals surface area contributed by atoms with Crippen LogP contribution in [0.25, 0.3) is 0 Å². The fraction of sp³-hybridized carbons (Fsp3) is 0.917. The number of ketones is 1. The molecule has 0 amide bonds. The van der Waals surface area contributed by atoms with E-state index in [0.29, 0.717) is 5.78 Å². The quantitative estimate of drug-likeness (QED) is 0.688. The summed E-state index contributed by atoms with van der Waals surface area (Å²) in [5, 5.41) is 3.33. The van der Waals surface area contributed by atoms with Crippen molar-refractivity contribution < 1.29 is 4.79 Å². The maximum atomic E-state index is 12.7. The van der Waals surface area contributed by atoms with Gasteiger partial charge >= 0.3 is 0 Å². The minimum absolute atomic E-state index is 0.101. The van der Waals surface area contributed by atoms with E-state index in [1.165, 1.54) is 0 Å². The highest BCUT2D eigenvalue weighted by Gasteiger charge is 2.59. The molecule has 4 heteroatoms. The smallest absolute Gasteiger partial charge is 0.164 e. The van der Waals surface area contributed by atoms with E-state index < -0.39 is 0 Å². The Balaban J connectivity index is 2.07. The summed E-state index contributed by atoms with van der Waals surface area (Å²) >= 11 is 0. The third-order valence-electron chi connectivity index (χ3n) is 4.84. The molecule has 0 radical (unpaired) electrons. The van der Waals surface area contributed by atoms with Crippen LogP contribution in [0.5, 0.6) is 0 Å². The van der Waals surface area contributed by atoms with Crippen molar-refractivity contribution >= 4 is 5.78 Å². The van der Waals surface area contributed by atoms with E-state index in [1.807, 2.05) is 7.05 Å². The van der Waals surface area contributed by atoms with Gasteiger partial charge in [0, 0.05) is 39.3 Å². The number of fused-ring (bicyclic) bond motifs is 1. The Kier molecular flexibility index (Phi) is 2.19. The highest BCUT2D eigenvalue weighted by molar-refractivity contribution is 5.96. The van der Waals surface area contributed by atoms with Crippen LogP contribution in [0.3, 0.4) is 0 Å². The van der Waals surface area contributed by atoms with Crippen molar-refractivity contribution in [1.82, 2.24) is 15.1 Å². The molecule has 1 N–H and O–H groups in total. The van der Waals surface area contributed by atoms with Crippen molar-refractivity contribution in [2.75, 3.05) is 46.3 Å². The van der Waals surface area contributed by atoms with Gasteiger partial charge in [-0.25, -0.2) is 0 Å². The topological polar surface area (TPSA) is 35.6 Å². The normalized spacial score (nSPS) is 50.8. The minimum atomic E-state index is -0.289. The summed E-state index contributed by atoms with van der Waals surface area (Å²) in [4.78, 5) is 17.7. The van der Waals surface area contributed by atoms with Gasteiger partial charge in [-0.1, -0.05) is 6.92 Å². The summed E-state index contributed by atoms with van der Waals surface area (Å²) in [6, 6.07) is 0. The molecule has 4 saturated heterocycles. The zero-order chi connectivity index (χ0) is 11.4. The van der Waals surface area contributed by atoms with E-state index in [4.69, 9.17) is 0 Å². The van der Waals surface area contributed by atoms with E-state index in [2.05, 4.69) is 22.0 Å². The van der Waals surface area contributed by atoms with Crippen LogP contribution in [-0.2, 0) is 4.79 Å². The molecule has 16 heavy (non-hydrogen) atoms. The molecule has 0 saturated carbocycles. The van der Waals surface area contributed by atoms with Gasteiger partial charge in [0.2, 0.25) is 0 Å². The molecule has 4 nitrogen and oxygen atoms in total. The largest absolute Gasteiger partial charge is 0.306 e. The first-order valence-electron chi connectivity index (χ1n) is 6.33.